The third kappa shape index (κ3) is 3.09. The molecular weight excluding hydrogens is 310 g/mol. The lowest BCUT2D eigenvalue weighted by Gasteiger charge is -2.24. The molecule has 19 heavy (non-hydrogen) atoms. The summed E-state index contributed by atoms with van der Waals surface area (Å²) >= 11 is 3.50. The molecule has 1 aromatic carbocycles. The van der Waals surface area contributed by atoms with Crippen LogP contribution in [0.25, 0.3) is 0 Å². The number of hydrogen-bond acceptors (Lipinski definition) is 3. The third-order valence-electron chi connectivity index (χ3n) is 3.45. The number of benzene rings is 1. The molecule has 2 rings (SSSR count). The summed E-state index contributed by atoms with van der Waals surface area (Å²) in [5.41, 5.74) is 2.24. The van der Waals surface area contributed by atoms with Gasteiger partial charge in [-0.25, -0.2) is 0 Å². The Morgan fingerprint density at radius 2 is 2.32 bits per heavy atom. The van der Waals surface area contributed by atoms with E-state index in [1.165, 1.54) is 5.56 Å². The average molecular weight is 328 g/mol. The number of carboxylic acid groups (broad SMARTS) is 1. The second-order valence-corrected chi connectivity index (χ2v) is 5.74. The van der Waals surface area contributed by atoms with Gasteiger partial charge in [-0.15, -0.1) is 0 Å². The Hall–Kier alpha value is -1.07. The fourth-order valence-corrected chi connectivity index (χ4v) is 3.07. The number of aliphatic carboxylic acids is 1. The van der Waals surface area contributed by atoms with Gasteiger partial charge in [-0.05, 0) is 31.2 Å². The zero-order valence-electron chi connectivity index (χ0n) is 11.1. The molecule has 0 saturated carbocycles. The second-order valence-electron chi connectivity index (χ2n) is 4.83. The number of likely N-dealkylation sites (N-methyl/N-ethyl adjacent to an activating group) is 1. The van der Waals surface area contributed by atoms with Crippen LogP contribution in [0.2, 0.25) is 0 Å². The van der Waals surface area contributed by atoms with Crippen LogP contribution in [-0.4, -0.2) is 35.7 Å². The Bertz CT molecular complexity index is 490. The van der Waals surface area contributed by atoms with Gasteiger partial charge in [0.2, 0.25) is 0 Å². The van der Waals surface area contributed by atoms with Crippen molar-refractivity contribution < 1.29 is 14.6 Å². The number of fused-ring (bicyclic) bond motifs is 1. The normalized spacial score (nSPS) is 15.2. The molecule has 0 amide bonds. The smallest absolute Gasteiger partial charge is 0.320 e. The number of carbonyl (C=O) groups is 1. The van der Waals surface area contributed by atoms with E-state index >= 15 is 0 Å². The van der Waals surface area contributed by atoms with Crippen LogP contribution in [0.4, 0.5) is 0 Å². The zero-order chi connectivity index (χ0) is 14.0. The summed E-state index contributed by atoms with van der Waals surface area (Å²) in [5, 5.41) is 9.19. The minimum atomic E-state index is -0.780. The first-order valence-corrected chi connectivity index (χ1v) is 7.19. The Morgan fingerprint density at radius 3 is 2.95 bits per heavy atom. The van der Waals surface area contributed by atoms with E-state index < -0.39 is 12.0 Å². The van der Waals surface area contributed by atoms with Gasteiger partial charge in [-0.3, -0.25) is 9.69 Å². The number of nitrogens with zero attached hydrogens (tertiary/aromatic N) is 1. The SMILES string of the molecule is CCC(C(=O)O)N(C)Cc1cc(Br)cc2c1OCC2. The van der Waals surface area contributed by atoms with Crippen LogP contribution in [0.5, 0.6) is 5.75 Å². The van der Waals surface area contributed by atoms with Crippen molar-refractivity contribution in [2.24, 2.45) is 0 Å². The van der Waals surface area contributed by atoms with Gasteiger partial charge in [0.1, 0.15) is 11.8 Å². The van der Waals surface area contributed by atoms with Gasteiger partial charge in [0.25, 0.3) is 0 Å². The van der Waals surface area contributed by atoms with E-state index in [-0.39, 0.29) is 0 Å². The summed E-state index contributed by atoms with van der Waals surface area (Å²) in [5.74, 6) is 0.146. The Morgan fingerprint density at radius 1 is 1.58 bits per heavy atom. The lowest BCUT2D eigenvalue weighted by Crippen LogP contribution is -2.37. The van der Waals surface area contributed by atoms with E-state index in [2.05, 4.69) is 22.0 Å². The van der Waals surface area contributed by atoms with Crippen LogP contribution in [0.1, 0.15) is 24.5 Å². The minimum Gasteiger partial charge on any atom is -0.493 e. The quantitative estimate of drug-likeness (QED) is 0.903. The zero-order valence-corrected chi connectivity index (χ0v) is 12.7. The summed E-state index contributed by atoms with van der Waals surface area (Å²) in [4.78, 5) is 13.0. The van der Waals surface area contributed by atoms with Crippen LogP contribution in [0, 0.1) is 0 Å². The Kier molecular flexibility index (Phi) is 4.47. The molecule has 0 bridgehead atoms. The van der Waals surface area contributed by atoms with E-state index in [1.54, 1.807) is 0 Å². The van der Waals surface area contributed by atoms with Crippen molar-refractivity contribution in [3.8, 4) is 5.75 Å². The van der Waals surface area contributed by atoms with Gasteiger partial charge in [0.15, 0.2) is 0 Å². The maximum Gasteiger partial charge on any atom is 0.320 e. The lowest BCUT2D eigenvalue weighted by atomic mass is 10.1. The highest BCUT2D eigenvalue weighted by Gasteiger charge is 2.23. The highest BCUT2D eigenvalue weighted by atomic mass is 79.9. The average Bonchev–Trinajstić information content (AvgIpc) is 2.77. The van der Waals surface area contributed by atoms with Crippen molar-refractivity contribution in [3.63, 3.8) is 0 Å². The van der Waals surface area contributed by atoms with Gasteiger partial charge in [0.05, 0.1) is 6.61 Å². The maximum absolute atomic E-state index is 11.2. The number of halogens is 1. The highest BCUT2D eigenvalue weighted by Crippen LogP contribution is 2.33. The monoisotopic (exact) mass is 327 g/mol. The Labute approximate surface area is 121 Å². The molecule has 0 aliphatic carbocycles. The topological polar surface area (TPSA) is 49.8 Å². The molecule has 1 N–H and O–H groups in total. The predicted molar refractivity (Wildman–Crippen MR) is 76.5 cm³/mol. The van der Waals surface area contributed by atoms with E-state index in [0.29, 0.717) is 19.6 Å². The molecule has 5 heteroatoms. The fourth-order valence-electron chi connectivity index (χ4n) is 2.52. The van der Waals surface area contributed by atoms with Crippen molar-refractivity contribution in [3.05, 3.63) is 27.7 Å². The summed E-state index contributed by atoms with van der Waals surface area (Å²) < 4.78 is 6.68. The molecule has 0 spiro atoms. The lowest BCUT2D eigenvalue weighted by molar-refractivity contribution is -0.143. The largest absolute Gasteiger partial charge is 0.493 e. The second kappa shape index (κ2) is 5.92. The molecule has 0 radical (unpaired) electrons. The first kappa shape index (κ1) is 14.3. The molecule has 104 valence electrons. The first-order chi connectivity index (χ1) is 9.02. The van der Waals surface area contributed by atoms with Gasteiger partial charge < -0.3 is 9.84 Å². The molecule has 0 saturated heterocycles. The first-order valence-electron chi connectivity index (χ1n) is 6.40. The summed E-state index contributed by atoms with van der Waals surface area (Å²) in [6.07, 6.45) is 1.50. The van der Waals surface area contributed by atoms with E-state index in [1.807, 2.05) is 24.9 Å². The van der Waals surface area contributed by atoms with Gasteiger partial charge in [0, 0.05) is 23.0 Å². The number of rotatable bonds is 5. The predicted octanol–water partition coefficient (Wildman–Crippen LogP) is 2.68. The van der Waals surface area contributed by atoms with Crippen molar-refractivity contribution in [2.75, 3.05) is 13.7 Å². The van der Waals surface area contributed by atoms with E-state index in [4.69, 9.17) is 4.74 Å². The van der Waals surface area contributed by atoms with Crippen molar-refractivity contribution in [1.82, 2.24) is 4.90 Å². The van der Waals surface area contributed by atoms with Crippen molar-refractivity contribution in [1.29, 1.82) is 0 Å². The minimum absolute atomic E-state index is 0.462. The van der Waals surface area contributed by atoms with Gasteiger partial charge in [-0.1, -0.05) is 22.9 Å². The highest BCUT2D eigenvalue weighted by molar-refractivity contribution is 9.10. The third-order valence-corrected chi connectivity index (χ3v) is 3.91. The fraction of sp³-hybridized carbons (Fsp3) is 0.500. The molecule has 1 aromatic rings. The van der Waals surface area contributed by atoms with Crippen LogP contribution >= 0.6 is 15.9 Å². The van der Waals surface area contributed by atoms with E-state index in [0.717, 1.165) is 22.2 Å². The number of ether oxygens (including phenoxy) is 1. The summed E-state index contributed by atoms with van der Waals surface area (Å²) in [6.45, 7) is 3.17. The molecule has 0 fully saturated rings. The van der Waals surface area contributed by atoms with Gasteiger partial charge >= 0.3 is 5.97 Å². The van der Waals surface area contributed by atoms with E-state index in [9.17, 15) is 9.90 Å². The Balaban J connectivity index is 2.22. The van der Waals surface area contributed by atoms with Crippen LogP contribution in [-0.2, 0) is 17.8 Å². The molecule has 1 aliphatic heterocycles. The molecule has 1 unspecified atom stereocenters. The standard InChI is InChI=1S/C14H18BrNO3/c1-3-12(14(17)18)16(2)8-10-7-11(15)6-9-4-5-19-13(9)10/h6-7,12H,3-5,8H2,1-2H3,(H,17,18). The summed E-state index contributed by atoms with van der Waals surface area (Å²) in [7, 11) is 1.84. The van der Waals surface area contributed by atoms with Crippen LogP contribution < -0.4 is 4.74 Å². The van der Waals surface area contributed by atoms with Crippen LogP contribution in [0.15, 0.2) is 16.6 Å². The maximum atomic E-state index is 11.2. The number of carboxylic acids is 1. The van der Waals surface area contributed by atoms with Gasteiger partial charge in [-0.2, -0.15) is 0 Å². The molecular formula is C14H18BrNO3. The molecule has 0 aromatic heterocycles. The van der Waals surface area contributed by atoms with Crippen molar-refractivity contribution >= 4 is 21.9 Å². The summed E-state index contributed by atoms with van der Waals surface area (Å²) in [6, 6.07) is 3.62. The molecule has 4 nitrogen and oxygen atoms in total. The number of hydrogen-bond donors (Lipinski definition) is 1. The molecule has 1 heterocycles. The van der Waals surface area contributed by atoms with Crippen LogP contribution in [0.3, 0.4) is 0 Å². The molecule has 1 atom stereocenters. The molecule has 1 aliphatic rings. The van der Waals surface area contributed by atoms with Crippen molar-refractivity contribution in [2.45, 2.75) is 32.4 Å².